The summed E-state index contributed by atoms with van der Waals surface area (Å²) in [5.74, 6) is 0.668. The number of rotatable bonds is 9. The van der Waals surface area contributed by atoms with E-state index in [1.54, 1.807) is 13.2 Å². The molecule has 1 aliphatic rings. The summed E-state index contributed by atoms with van der Waals surface area (Å²) in [7, 11) is 2.93. The van der Waals surface area contributed by atoms with Crippen molar-refractivity contribution in [3.05, 3.63) is 61.5 Å². The number of thiocarbonyl (C=S) groups is 1. The van der Waals surface area contributed by atoms with Crippen molar-refractivity contribution < 1.29 is 23.8 Å². The van der Waals surface area contributed by atoms with Gasteiger partial charge in [-0.2, -0.15) is 0 Å². The molecule has 3 rings (SSSR count). The molecule has 1 saturated heterocycles. The molecule has 2 aromatic rings. The highest BCUT2D eigenvalue weighted by atomic mass is 79.9. The minimum absolute atomic E-state index is 0.175. The zero-order valence-electron chi connectivity index (χ0n) is 20.4. The van der Waals surface area contributed by atoms with Gasteiger partial charge in [-0.3, -0.25) is 14.5 Å². The number of carbonyl (C=O) groups excluding carboxylic acids is 2. The lowest BCUT2D eigenvalue weighted by Crippen LogP contribution is -2.29. The fraction of sp³-hybridized carbons (Fsp3) is 0.346. The Morgan fingerprint density at radius 2 is 1.83 bits per heavy atom. The van der Waals surface area contributed by atoms with Gasteiger partial charge in [-0.1, -0.05) is 36.1 Å². The minimum Gasteiger partial charge on any atom is -0.493 e. The molecule has 2 aromatic carbocycles. The average molecular weight is 579 g/mol. The smallest absolute Gasteiger partial charge is 0.305 e. The van der Waals surface area contributed by atoms with E-state index < -0.39 is 0 Å². The third-order valence-corrected chi connectivity index (χ3v) is 7.70. The Hall–Kier alpha value is -2.36. The molecule has 9 heteroatoms. The van der Waals surface area contributed by atoms with E-state index in [0.29, 0.717) is 40.3 Å². The monoisotopic (exact) mass is 577 g/mol. The third kappa shape index (κ3) is 6.65. The quantitative estimate of drug-likeness (QED) is 0.202. The van der Waals surface area contributed by atoms with Crippen LogP contribution in [0.25, 0.3) is 6.08 Å². The van der Waals surface area contributed by atoms with Crippen LogP contribution in [0.1, 0.15) is 40.7 Å². The highest BCUT2D eigenvalue weighted by Gasteiger charge is 2.31. The van der Waals surface area contributed by atoms with Crippen molar-refractivity contribution in [3.8, 4) is 11.5 Å². The topological polar surface area (TPSA) is 65.1 Å². The molecule has 1 fully saturated rings. The van der Waals surface area contributed by atoms with Crippen LogP contribution in [-0.4, -0.2) is 41.9 Å². The second-order valence-electron chi connectivity index (χ2n) is 8.20. The molecule has 0 saturated carbocycles. The van der Waals surface area contributed by atoms with Gasteiger partial charge in [0.05, 0.1) is 23.6 Å². The molecule has 1 aliphatic heterocycles. The summed E-state index contributed by atoms with van der Waals surface area (Å²) in [5, 5.41) is 0. The molecule has 0 bridgehead atoms. The standard InChI is InChI=1S/C26H28BrNO5S2/c1-15-9-17(3)19(10-16(15)2)14-33-24-20(27)11-18(12-21(24)31-4)13-22-25(30)28(26(34)35-22)8-6-7-23(29)32-5/h9-13H,6-8,14H2,1-5H3/b22-13+. The Balaban J connectivity index is 1.76. The molecule has 6 nitrogen and oxygen atoms in total. The van der Waals surface area contributed by atoms with Crippen LogP contribution in [0.3, 0.4) is 0 Å². The van der Waals surface area contributed by atoms with Crippen LogP contribution in [0, 0.1) is 20.8 Å². The lowest BCUT2D eigenvalue weighted by Gasteiger charge is -2.16. The van der Waals surface area contributed by atoms with Gasteiger partial charge in [0.2, 0.25) is 0 Å². The van der Waals surface area contributed by atoms with Crippen LogP contribution >= 0.6 is 39.9 Å². The molecule has 0 aliphatic carbocycles. The largest absolute Gasteiger partial charge is 0.493 e. The second kappa shape index (κ2) is 12.1. The van der Waals surface area contributed by atoms with Gasteiger partial charge in [0.25, 0.3) is 5.91 Å². The van der Waals surface area contributed by atoms with Crippen LogP contribution in [0.4, 0.5) is 0 Å². The molecular formula is C26H28BrNO5S2. The molecule has 186 valence electrons. The lowest BCUT2D eigenvalue weighted by molar-refractivity contribution is -0.141. The van der Waals surface area contributed by atoms with E-state index in [9.17, 15) is 9.59 Å². The summed E-state index contributed by atoms with van der Waals surface area (Å²) < 4.78 is 17.6. The molecule has 0 radical (unpaired) electrons. The summed E-state index contributed by atoms with van der Waals surface area (Å²) in [4.78, 5) is 26.3. The summed E-state index contributed by atoms with van der Waals surface area (Å²) in [6.45, 7) is 7.04. The van der Waals surface area contributed by atoms with Gasteiger partial charge in [-0.25, -0.2) is 0 Å². The van der Waals surface area contributed by atoms with Gasteiger partial charge in [0.15, 0.2) is 11.5 Å². The van der Waals surface area contributed by atoms with E-state index in [0.717, 1.165) is 15.6 Å². The molecule has 0 unspecified atom stereocenters. The van der Waals surface area contributed by atoms with Crippen molar-refractivity contribution in [2.75, 3.05) is 20.8 Å². The number of nitrogens with zero attached hydrogens (tertiary/aromatic N) is 1. The van der Waals surface area contributed by atoms with E-state index in [1.165, 1.54) is 40.5 Å². The number of thioether (sulfide) groups is 1. The maximum absolute atomic E-state index is 12.9. The summed E-state index contributed by atoms with van der Waals surface area (Å²) in [5.41, 5.74) is 5.54. The first-order chi connectivity index (χ1) is 16.6. The SMILES string of the molecule is COC(=O)CCCN1C(=O)/C(=C\c2cc(Br)c(OCc3cc(C)c(C)cc3C)c(OC)c2)SC1=S. The van der Waals surface area contributed by atoms with Gasteiger partial charge in [-0.15, -0.1) is 0 Å². The van der Waals surface area contributed by atoms with Gasteiger partial charge >= 0.3 is 5.97 Å². The number of methoxy groups -OCH3 is 2. The maximum Gasteiger partial charge on any atom is 0.305 e. The molecule has 1 amide bonds. The van der Waals surface area contributed by atoms with Crippen molar-refractivity contribution in [2.24, 2.45) is 0 Å². The molecule has 0 N–H and O–H groups in total. The van der Waals surface area contributed by atoms with Crippen LogP contribution < -0.4 is 9.47 Å². The molecule has 1 heterocycles. The first-order valence-corrected chi connectivity index (χ1v) is 13.1. The van der Waals surface area contributed by atoms with Gasteiger partial charge in [-0.05, 0) is 89.1 Å². The Labute approximate surface area is 224 Å². The van der Waals surface area contributed by atoms with Gasteiger partial charge in [0.1, 0.15) is 10.9 Å². The number of ether oxygens (including phenoxy) is 3. The van der Waals surface area contributed by atoms with E-state index >= 15 is 0 Å². The third-order valence-electron chi connectivity index (χ3n) is 5.74. The second-order valence-corrected chi connectivity index (χ2v) is 10.7. The summed E-state index contributed by atoms with van der Waals surface area (Å²) in [6, 6.07) is 8.02. The molecule has 0 spiro atoms. The molecule has 35 heavy (non-hydrogen) atoms. The fourth-order valence-electron chi connectivity index (χ4n) is 3.62. The van der Waals surface area contributed by atoms with Crippen molar-refractivity contribution in [3.63, 3.8) is 0 Å². The van der Waals surface area contributed by atoms with Gasteiger partial charge < -0.3 is 14.2 Å². The number of amides is 1. The van der Waals surface area contributed by atoms with Crippen molar-refractivity contribution >= 4 is 62.2 Å². The Morgan fingerprint density at radius 3 is 2.51 bits per heavy atom. The number of hydrogen-bond donors (Lipinski definition) is 0. The Morgan fingerprint density at radius 1 is 1.11 bits per heavy atom. The molecule has 0 aromatic heterocycles. The van der Waals surface area contributed by atoms with E-state index in [4.69, 9.17) is 21.7 Å². The van der Waals surface area contributed by atoms with Crippen LogP contribution in [-0.2, 0) is 20.9 Å². The maximum atomic E-state index is 12.9. The van der Waals surface area contributed by atoms with Gasteiger partial charge in [0, 0.05) is 13.0 Å². The minimum atomic E-state index is -0.307. The van der Waals surface area contributed by atoms with Crippen molar-refractivity contribution in [2.45, 2.75) is 40.2 Å². The predicted molar refractivity (Wildman–Crippen MR) is 147 cm³/mol. The number of halogens is 1. The van der Waals surface area contributed by atoms with Crippen molar-refractivity contribution in [1.82, 2.24) is 4.90 Å². The van der Waals surface area contributed by atoms with Crippen LogP contribution in [0.2, 0.25) is 0 Å². The normalized spacial score (nSPS) is 14.6. The van der Waals surface area contributed by atoms with Crippen molar-refractivity contribution in [1.29, 1.82) is 0 Å². The molecular weight excluding hydrogens is 550 g/mol. The number of carbonyl (C=O) groups is 2. The first-order valence-electron chi connectivity index (χ1n) is 11.0. The van der Waals surface area contributed by atoms with Crippen LogP contribution in [0.15, 0.2) is 33.6 Å². The zero-order valence-corrected chi connectivity index (χ0v) is 23.6. The Bertz CT molecular complexity index is 1190. The molecule has 0 atom stereocenters. The van der Waals surface area contributed by atoms with E-state index in [1.807, 2.05) is 12.1 Å². The number of aryl methyl sites for hydroxylation is 3. The average Bonchev–Trinajstić information content (AvgIpc) is 3.08. The number of benzene rings is 2. The van der Waals surface area contributed by atoms with E-state index in [-0.39, 0.29) is 18.3 Å². The van der Waals surface area contributed by atoms with Crippen LogP contribution in [0.5, 0.6) is 11.5 Å². The van der Waals surface area contributed by atoms with E-state index in [2.05, 4.69) is 53.6 Å². The number of esters is 1. The predicted octanol–water partition coefficient (Wildman–Crippen LogP) is 6.12. The zero-order chi connectivity index (χ0) is 25.7. The summed E-state index contributed by atoms with van der Waals surface area (Å²) >= 11 is 10.2. The number of hydrogen-bond acceptors (Lipinski definition) is 7. The highest BCUT2D eigenvalue weighted by molar-refractivity contribution is 9.10. The Kier molecular flexibility index (Phi) is 9.38. The fourth-order valence-corrected chi connectivity index (χ4v) is 5.50. The lowest BCUT2D eigenvalue weighted by atomic mass is 10.0. The highest BCUT2D eigenvalue weighted by Crippen LogP contribution is 2.39. The summed E-state index contributed by atoms with van der Waals surface area (Å²) in [6.07, 6.45) is 2.50. The first kappa shape index (κ1) is 27.2.